The SMILES string of the molecule is O=C(Cn1c(CCCl)nc2c(F)cccc21)N1CCCC1. The van der Waals surface area contributed by atoms with Gasteiger partial charge in [-0.3, -0.25) is 4.79 Å². The summed E-state index contributed by atoms with van der Waals surface area (Å²) < 4.78 is 15.6. The number of likely N-dealkylation sites (tertiary alicyclic amines) is 1. The summed E-state index contributed by atoms with van der Waals surface area (Å²) in [6.45, 7) is 1.82. The van der Waals surface area contributed by atoms with E-state index in [0.717, 1.165) is 25.9 Å². The fourth-order valence-corrected chi connectivity index (χ4v) is 2.98. The van der Waals surface area contributed by atoms with Gasteiger partial charge in [-0.2, -0.15) is 0 Å². The van der Waals surface area contributed by atoms with Gasteiger partial charge >= 0.3 is 0 Å². The van der Waals surface area contributed by atoms with Gasteiger partial charge in [0, 0.05) is 25.4 Å². The summed E-state index contributed by atoms with van der Waals surface area (Å²) in [6, 6.07) is 4.81. The van der Waals surface area contributed by atoms with Crippen molar-refractivity contribution < 1.29 is 9.18 Å². The molecule has 0 spiro atoms. The zero-order valence-electron chi connectivity index (χ0n) is 11.7. The van der Waals surface area contributed by atoms with Crippen molar-refractivity contribution in [1.82, 2.24) is 14.5 Å². The van der Waals surface area contributed by atoms with Gasteiger partial charge in [0.15, 0.2) is 5.82 Å². The number of para-hydroxylation sites is 1. The van der Waals surface area contributed by atoms with Crippen LogP contribution >= 0.6 is 11.6 Å². The summed E-state index contributed by atoms with van der Waals surface area (Å²) in [6.07, 6.45) is 2.63. The standard InChI is InChI=1S/C15H17ClFN3O/c16-7-6-13-18-15-11(17)4-3-5-12(15)20(13)10-14(21)19-8-1-2-9-19/h3-5H,1-2,6-10H2. The molecule has 1 aromatic heterocycles. The molecule has 0 radical (unpaired) electrons. The lowest BCUT2D eigenvalue weighted by Crippen LogP contribution is -2.31. The fourth-order valence-electron chi connectivity index (χ4n) is 2.81. The highest BCUT2D eigenvalue weighted by Crippen LogP contribution is 2.20. The Morgan fingerprint density at radius 1 is 1.33 bits per heavy atom. The van der Waals surface area contributed by atoms with Gasteiger partial charge in [0.2, 0.25) is 5.91 Å². The van der Waals surface area contributed by atoms with Crippen LogP contribution in [0.3, 0.4) is 0 Å². The van der Waals surface area contributed by atoms with Gasteiger partial charge in [0.25, 0.3) is 0 Å². The van der Waals surface area contributed by atoms with E-state index in [9.17, 15) is 9.18 Å². The van der Waals surface area contributed by atoms with Crippen molar-refractivity contribution in [2.24, 2.45) is 0 Å². The number of fused-ring (bicyclic) bond motifs is 1. The number of hydrogen-bond donors (Lipinski definition) is 0. The second kappa shape index (κ2) is 6.02. The van der Waals surface area contributed by atoms with E-state index in [0.29, 0.717) is 29.2 Å². The van der Waals surface area contributed by atoms with Gasteiger partial charge < -0.3 is 9.47 Å². The minimum Gasteiger partial charge on any atom is -0.341 e. The number of alkyl halides is 1. The third-order valence-electron chi connectivity index (χ3n) is 3.88. The maximum atomic E-state index is 13.9. The molecule has 0 atom stereocenters. The second-order valence-electron chi connectivity index (χ2n) is 5.25. The molecule has 1 amide bonds. The number of benzene rings is 1. The number of nitrogens with zero attached hydrogens (tertiary/aromatic N) is 3. The number of halogens is 2. The monoisotopic (exact) mass is 309 g/mol. The normalized spacial score (nSPS) is 15.0. The second-order valence-corrected chi connectivity index (χ2v) is 5.63. The first-order valence-electron chi connectivity index (χ1n) is 7.18. The Kier molecular flexibility index (Phi) is 4.10. The maximum absolute atomic E-state index is 13.9. The first-order valence-corrected chi connectivity index (χ1v) is 7.71. The minimum atomic E-state index is -0.365. The van der Waals surface area contributed by atoms with Gasteiger partial charge in [-0.05, 0) is 25.0 Å². The number of imidazole rings is 1. The highest BCUT2D eigenvalue weighted by molar-refractivity contribution is 6.17. The molecule has 0 N–H and O–H groups in total. The summed E-state index contributed by atoms with van der Waals surface area (Å²) in [7, 11) is 0. The van der Waals surface area contributed by atoms with Gasteiger partial charge in [-0.15, -0.1) is 11.6 Å². The summed E-state index contributed by atoms with van der Waals surface area (Å²) in [5.41, 5.74) is 0.967. The third-order valence-corrected chi connectivity index (χ3v) is 4.07. The molecule has 1 aromatic carbocycles. The Labute approximate surface area is 127 Å². The van der Waals surface area contributed by atoms with Crippen LogP contribution in [0.25, 0.3) is 11.0 Å². The van der Waals surface area contributed by atoms with E-state index in [-0.39, 0.29) is 18.3 Å². The molecule has 112 valence electrons. The molecule has 6 heteroatoms. The molecule has 0 unspecified atom stereocenters. The third kappa shape index (κ3) is 2.75. The zero-order valence-corrected chi connectivity index (χ0v) is 12.4. The lowest BCUT2D eigenvalue weighted by molar-refractivity contribution is -0.130. The van der Waals surface area contributed by atoms with Crippen molar-refractivity contribution in [1.29, 1.82) is 0 Å². The number of aryl methyl sites for hydroxylation is 1. The average Bonchev–Trinajstić information content (AvgIpc) is 3.10. The van der Waals surface area contributed by atoms with E-state index in [1.807, 2.05) is 4.90 Å². The van der Waals surface area contributed by atoms with Crippen molar-refractivity contribution in [2.75, 3.05) is 19.0 Å². The maximum Gasteiger partial charge on any atom is 0.242 e. The molecule has 1 saturated heterocycles. The molecule has 1 aliphatic rings. The van der Waals surface area contributed by atoms with Crippen molar-refractivity contribution in [3.8, 4) is 0 Å². The van der Waals surface area contributed by atoms with E-state index in [4.69, 9.17) is 11.6 Å². The molecular weight excluding hydrogens is 293 g/mol. The van der Waals surface area contributed by atoms with E-state index in [1.165, 1.54) is 6.07 Å². The predicted molar refractivity (Wildman–Crippen MR) is 79.9 cm³/mol. The number of amides is 1. The van der Waals surface area contributed by atoms with Crippen molar-refractivity contribution in [3.63, 3.8) is 0 Å². The van der Waals surface area contributed by atoms with Crippen LogP contribution < -0.4 is 0 Å². The Bertz CT molecular complexity index is 664. The molecule has 3 rings (SSSR count). The molecule has 2 heterocycles. The Morgan fingerprint density at radius 3 is 2.81 bits per heavy atom. The molecule has 0 saturated carbocycles. The molecular formula is C15H17ClFN3O. The highest BCUT2D eigenvalue weighted by Gasteiger charge is 2.21. The lowest BCUT2D eigenvalue weighted by Gasteiger charge is -2.17. The van der Waals surface area contributed by atoms with E-state index in [1.54, 1.807) is 16.7 Å². The van der Waals surface area contributed by atoms with Crippen LogP contribution in [0.2, 0.25) is 0 Å². The lowest BCUT2D eigenvalue weighted by atomic mass is 10.3. The fraction of sp³-hybridized carbons (Fsp3) is 0.467. The van der Waals surface area contributed by atoms with Crippen LogP contribution in [0.5, 0.6) is 0 Å². The van der Waals surface area contributed by atoms with Gasteiger partial charge in [0.1, 0.15) is 17.9 Å². The van der Waals surface area contributed by atoms with Crippen LogP contribution in [0, 0.1) is 5.82 Å². The zero-order chi connectivity index (χ0) is 14.8. The predicted octanol–water partition coefficient (Wildman–Crippen LogP) is 2.58. The Morgan fingerprint density at radius 2 is 2.10 bits per heavy atom. The van der Waals surface area contributed by atoms with Crippen LogP contribution in [-0.2, 0) is 17.8 Å². The van der Waals surface area contributed by atoms with E-state index < -0.39 is 0 Å². The summed E-state index contributed by atoms with van der Waals surface area (Å²) >= 11 is 5.80. The largest absolute Gasteiger partial charge is 0.341 e. The average molecular weight is 310 g/mol. The molecule has 0 bridgehead atoms. The number of carbonyl (C=O) groups is 1. The van der Waals surface area contributed by atoms with E-state index >= 15 is 0 Å². The van der Waals surface area contributed by atoms with Crippen molar-refractivity contribution in [2.45, 2.75) is 25.8 Å². The first kappa shape index (κ1) is 14.3. The van der Waals surface area contributed by atoms with Crippen LogP contribution in [0.1, 0.15) is 18.7 Å². The number of rotatable bonds is 4. The van der Waals surface area contributed by atoms with Crippen LogP contribution in [0.15, 0.2) is 18.2 Å². The first-order chi connectivity index (χ1) is 10.2. The molecule has 21 heavy (non-hydrogen) atoms. The molecule has 1 fully saturated rings. The van der Waals surface area contributed by atoms with Crippen molar-refractivity contribution >= 4 is 28.5 Å². The van der Waals surface area contributed by atoms with Crippen LogP contribution in [-0.4, -0.2) is 39.3 Å². The summed E-state index contributed by atoms with van der Waals surface area (Å²) in [5, 5.41) is 0. The molecule has 1 aliphatic heterocycles. The summed E-state index contributed by atoms with van der Waals surface area (Å²) in [5.74, 6) is 0.753. The van der Waals surface area contributed by atoms with Crippen LogP contribution in [0.4, 0.5) is 4.39 Å². The topological polar surface area (TPSA) is 38.1 Å². The quantitative estimate of drug-likeness (QED) is 0.814. The smallest absolute Gasteiger partial charge is 0.242 e. The Hall–Kier alpha value is -1.62. The van der Waals surface area contributed by atoms with Gasteiger partial charge in [0.05, 0.1) is 5.52 Å². The molecule has 2 aromatic rings. The highest BCUT2D eigenvalue weighted by atomic mass is 35.5. The molecule has 0 aliphatic carbocycles. The molecule has 4 nitrogen and oxygen atoms in total. The Balaban J connectivity index is 1.96. The van der Waals surface area contributed by atoms with E-state index in [2.05, 4.69) is 4.98 Å². The number of carbonyl (C=O) groups excluding carboxylic acids is 1. The number of aromatic nitrogens is 2. The summed E-state index contributed by atoms with van der Waals surface area (Å²) in [4.78, 5) is 18.5. The van der Waals surface area contributed by atoms with Gasteiger partial charge in [-0.1, -0.05) is 6.07 Å². The van der Waals surface area contributed by atoms with Gasteiger partial charge in [-0.25, -0.2) is 9.37 Å². The minimum absolute atomic E-state index is 0.0619. The number of hydrogen-bond acceptors (Lipinski definition) is 2. The van der Waals surface area contributed by atoms with Crippen molar-refractivity contribution in [3.05, 3.63) is 29.8 Å².